The Labute approximate surface area is 80.7 Å². The van der Waals surface area contributed by atoms with Crippen molar-refractivity contribution in [1.29, 1.82) is 0 Å². The number of carbonyl (C=O) groups excluding carboxylic acids is 1. The van der Waals surface area contributed by atoms with Crippen molar-refractivity contribution in [2.45, 2.75) is 47.0 Å². The molecule has 0 atom stereocenters. The number of aliphatic hydroxyl groups is 1. The second-order valence-corrected chi connectivity index (χ2v) is 4.65. The molecule has 2 nitrogen and oxygen atoms in total. The lowest BCUT2D eigenvalue weighted by molar-refractivity contribution is -0.115. The van der Waals surface area contributed by atoms with Gasteiger partial charge >= 0.3 is 0 Å². The van der Waals surface area contributed by atoms with Crippen LogP contribution in [0.3, 0.4) is 0 Å². The van der Waals surface area contributed by atoms with Crippen LogP contribution in [-0.4, -0.2) is 10.9 Å². The van der Waals surface area contributed by atoms with Crippen LogP contribution in [0.5, 0.6) is 0 Å². The van der Waals surface area contributed by atoms with Gasteiger partial charge in [0.25, 0.3) is 0 Å². The number of aliphatic hydroxyl groups excluding tert-OH is 1. The lowest BCUT2D eigenvalue weighted by atomic mass is 9.89. The Bertz CT molecular complexity index is 197. The zero-order valence-corrected chi connectivity index (χ0v) is 9.05. The summed E-state index contributed by atoms with van der Waals surface area (Å²) >= 11 is 0. The number of ketones is 1. The van der Waals surface area contributed by atoms with Crippen molar-refractivity contribution in [2.24, 2.45) is 5.41 Å². The van der Waals surface area contributed by atoms with Crippen molar-refractivity contribution >= 4 is 5.78 Å². The van der Waals surface area contributed by atoms with Gasteiger partial charge in [0.1, 0.15) is 0 Å². The molecule has 0 aliphatic rings. The highest BCUT2D eigenvalue weighted by molar-refractivity contribution is 5.94. The predicted octanol–water partition coefficient (Wildman–Crippen LogP) is 3.23. The van der Waals surface area contributed by atoms with Crippen LogP contribution < -0.4 is 0 Å². The summed E-state index contributed by atoms with van der Waals surface area (Å²) in [4.78, 5) is 11.2. The minimum atomic E-state index is 0.0479. The minimum Gasteiger partial charge on any atom is -0.515 e. The van der Waals surface area contributed by atoms with Gasteiger partial charge in [-0.3, -0.25) is 4.79 Å². The molecular formula is C11H20O2. The van der Waals surface area contributed by atoms with Gasteiger partial charge in [-0.2, -0.15) is 0 Å². The Morgan fingerprint density at radius 1 is 1.38 bits per heavy atom. The first-order chi connectivity index (χ1) is 5.87. The van der Waals surface area contributed by atoms with Gasteiger partial charge in [-0.25, -0.2) is 0 Å². The highest BCUT2D eigenvalue weighted by Gasteiger charge is 2.11. The summed E-state index contributed by atoms with van der Waals surface area (Å²) in [6.45, 7) is 8.12. The molecule has 13 heavy (non-hydrogen) atoms. The average molecular weight is 184 g/mol. The van der Waals surface area contributed by atoms with E-state index in [2.05, 4.69) is 20.8 Å². The number of carbonyl (C=O) groups is 1. The highest BCUT2D eigenvalue weighted by Crippen LogP contribution is 2.21. The molecule has 0 saturated carbocycles. The summed E-state index contributed by atoms with van der Waals surface area (Å²) in [5.74, 6) is 0.0479. The first-order valence-electron chi connectivity index (χ1n) is 4.71. The Balaban J connectivity index is 3.73. The van der Waals surface area contributed by atoms with Crippen LogP contribution in [0.2, 0.25) is 0 Å². The molecule has 0 fully saturated rings. The van der Waals surface area contributed by atoms with Crippen LogP contribution in [0, 0.1) is 5.41 Å². The van der Waals surface area contributed by atoms with E-state index >= 15 is 0 Å². The maximum atomic E-state index is 11.2. The van der Waals surface area contributed by atoms with Crippen molar-refractivity contribution in [2.75, 3.05) is 0 Å². The molecule has 0 saturated heterocycles. The fraction of sp³-hybridized carbons (Fsp3) is 0.727. The quantitative estimate of drug-likeness (QED) is 0.538. The maximum Gasteiger partial charge on any atom is 0.161 e. The van der Waals surface area contributed by atoms with Crippen molar-refractivity contribution in [3.8, 4) is 0 Å². The van der Waals surface area contributed by atoms with Gasteiger partial charge in [0.15, 0.2) is 5.78 Å². The molecule has 0 bridgehead atoms. The molecule has 0 spiro atoms. The third-order valence-corrected chi connectivity index (χ3v) is 1.96. The standard InChI is InChI=1S/C11H20O2/c1-9(8-12)10(13)6-5-7-11(2,3)4/h8,12H,5-7H2,1-4H3/b9-8-. The second kappa shape index (κ2) is 5.05. The molecule has 0 aromatic carbocycles. The normalized spacial score (nSPS) is 13.1. The summed E-state index contributed by atoms with van der Waals surface area (Å²) in [5.41, 5.74) is 0.741. The summed E-state index contributed by atoms with van der Waals surface area (Å²) in [7, 11) is 0. The van der Waals surface area contributed by atoms with Crippen LogP contribution in [0.15, 0.2) is 11.8 Å². The van der Waals surface area contributed by atoms with Gasteiger partial charge in [0.2, 0.25) is 0 Å². The van der Waals surface area contributed by atoms with Crippen LogP contribution in [0.4, 0.5) is 0 Å². The van der Waals surface area contributed by atoms with E-state index < -0.39 is 0 Å². The van der Waals surface area contributed by atoms with E-state index in [0.29, 0.717) is 12.0 Å². The fourth-order valence-electron chi connectivity index (χ4n) is 1.05. The van der Waals surface area contributed by atoms with Gasteiger partial charge in [0, 0.05) is 12.0 Å². The maximum absolute atomic E-state index is 11.2. The summed E-state index contributed by atoms with van der Waals surface area (Å²) in [6.07, 6.45) is 3.37. The van der Waals surface area contributed by atoms with Gasteiger partial charge in [0.05, 0.1) is 6.26 Å². The van der Waals surface area contributed by atoms with Crippen LogP contribution >= 0.6 is 0 Å². The number of hydrogen-bond donors (Lipinski definition) is 1. The summed E-state index contributed by atoms with van der Waals surface area (Å²) in [6, 6.07) is 0. The number of hydrogen-bond acceptors (Lipinski definition) is 2. The molecule has 0 rings (SSSR count). The van der Waals surface area contributed by atoms with E-state index in [4.69, 9.17) is 5.11 Å². The van der Waals surface area contributed by atoms with Gasteiger partial charge in [-0.05, 0) is 25.2 Å². The molecule has 2 heteroatoms. The Morgan fingerprint density at radius 2 is 1.92 bits per heavy atom. The smallest absolute Gasteiger partial charge is 0.161 e. The van der Waals surface area contributed by atoms with Gasteiger partial charge in [-0.1, -0.05) is 20.8 Å². The zero-order chi connectivity index (χ0) is 10.5. The third-order valence-electron chi connectivity index (χ3n) is 1.96. The summed E-state index contributed by atoms with van der Waals surface area (Å²) in [5, 5.41) is 8.58. The largest absolute Gasteiger partial charge is 0.515 e. The number of Topliss-reactive ketones (excluding diaryl/α,β-unsaturated/α-hetero) is 1. The van der Waals surface area contributed by atoms with E-state index in [0.717, 1.165) is 19.1 Å². The van der Waals surface area contributed by atoms with Crippen LogP contribution in [0.1, 0.15) is 47.0 Å². The molecular weight excluding hydrogens is 164 g/mol. The van der Waals surface area contributed by atoms with E-state index in [1.807, 2.05) is 0 Å². The van der Waals surface area contributed by atoms with Gasteiger partial charge < -0.3 is 5.11 Å². The molecule has 0 radical (unpaired) electrons. The Morgan fingerprint density at radius 3 is 2.31 bits per heavy atom. The molecule has 0 aliphatic carbocycles. The molecule has 76 valence electrons. The van der Waals surface area contributed by atoms with Crippen molar-refractivity contribution in [3.05, 3.63) is 11.8 Å². The highest BCUT2D eigenvalue weighted by atomic mass is 16.2. The first-order valence-corrected chi connectivity index (χ1v) is 4.71. The van der Waals surface area contributed by atoms with Crippen LogP contribution in [0.25, 0.3) is 0 Å². The lowest BCUT2D eigenvalue weighted by Gasteiger charge is -2.17. The topological polar surface area (TPSA) is 37.3 Å². The Kier molecular flexibility index (Phi) is 4.74. The van der Waals surface area contributed by atoms with Crippen molar-refractivity contribution < 1.29 is 9.90 Å². The van der Waals surface area contributed by atoms with E-state index in [9.17, 15) is 4.79 Å². The number of rotatable bonds is 4. The average Bonchev–Trinajstić information content (AvgIpc) is 2.00. The van der Waals surface area contributed by atoms with E-state index in [-0.39, 0.29) is 11.2 Å². The second-order valence-electron chi connectivity index (χ2n) is 4.65. The van der Waals surface area contributed by atoms with Crippen molar-refractivity contribution in [1.82, 2.24) is 0 Å². The molecule has 0 amide bonds. The molecule has 0 aromatic rings. The fourth-order valence-corrected chi connectivity index (χ4v) is 1.05. The number of allylic oxidation sites excluding steroid dienone is 1. The molecule has 0 heterocycles. The van der Waals surface area contributed by atoms with Crippen molar-refractivity contribution in [3.63, 3.8) is 0 Å². The Hall–Kier alpha value is -0.790. The lowest BCUT2D eigenvalue weighted by Crippen LogP contribution is -2.07. The van der Waals surface area contributed by atoms with Gasteiger partial charge in [-0.15, -0.1) is 0 Å². The van der Waals surface area contributed by atoms with Crippen LogP contribution in [-0.2, 0) is 4.79 Å². The third kappa shape index (κ3) is 6.38. The monoisotopic (exact) mass is 184 g/mol. The molecule has 0 aliphatic heterocycles. The van der Waals surface area contributed by atoms with E-state index in [1.165, 1.54) is 0 Å². The zero-order valence-electron chi connectivity index (χ0n) is 9.05. The minimum absolute atomic E-state index is 0.0479. The SMILES string of the molecule is C/C(=C/O)C(=O)CCCC(C)(C)C. The molecule has 1 N–H and O–H groups in total. The molecule has 0 unspecified atom stereocenters. The predicted molar refractivity (Wildman–Crippen MR) is 54.7 cm³/mol. The molecule has 0 aromatic heterocycles. The first kappa shape index (κ1) is 12.2. The van der Waals surface area contributed by atoms with E-state index in [1.54, 1.807) is 6.92 Å². The summed E-state index contributed by atoms with van der Waals surface area (Å²) < 4.78 is 0.